The summed E-state index contributed by atoms with van der Waals surface area (Å²) < 4.78 is 5.97. The Morgan fingerprint density at radius 2 is 1.80 bits per heavy atom. The molecule has 1 heterocycles. The molecule has 0 unspecified atom stereocenters. The summed E-state index contributed by atoms with van der Waals surface area (Å²) >= 11 is 1.35. The van der Waals surface area contributed by atoms with Crippen molar-refractivity contribution >= 4 is 50.7 Å². The second-order valence-corrected chi connectivity index (χ2v) is 7.79. The summed E-state index contributed by atoms with van der Waals surface area (Å²) in [7, 11) is 0. The number of nitrogens with one attached hydrogen (secondary N) is 3. The van der Waals surface area contributed by atoms with E-state index in [1.807, 2.05) is 37.3 Å². The van der Waals surface area contributed by atoms with E-state index in [9.17, 15) is 14.4 Å². The normalized spacial score (nSPS) is 11.6. The quantitative estimate of drug-likeness (QED) is 0.489. The van der Waals surface area contributed by atoms with Crippen LogP contribution >= 0.6 is 11.3 Å². The monoisotopic (exact) mass is 425 g/mol. The summed E-state index contributed by atoms with van der Waals surface area (Å²) in [6, 6.07) is 13.9. The zero-order valence-corrected chi connectivity index (χ0v) is 17.8. The highest BCUT2D eigenvalue weighted by molar-refractivity contribution is 7.20. The highest BCUT2D eigenvalue weighted by atomic mass is 32.1. The number of benzene rings is 2. The smallest absolute Gasteiger partial charge is 0.348 e. The number of ether oxygens (including phenoxy) is 1. The first-order chi connectivity index (χ1) is 14.4. The van der Waals surface area contributed by atoms with Crippen molar-refractivity contribution in [2.45, 2.75) is 26.8 Å². The Balaban J connectivity index is 1.66. The van der Waals surface area contributed by atoms with Crippen LogP contribution in [0, 0.1) is 0 Å². The minimum Gasteiger partial charge on any atom is -0.462 e. The minimum atomic E-state index is -0.354. The van der Waals surface area contributed by atoms with E-state index in [1.54, 1.807) is 25.1 Å². The van der Waals surface area contributed by atoms with Crippen LogP contribution in [0.5, 0.6) is 0 Å². The predicted octanol–water partition coefficient (Wildman–Crippen LogP) is 4.92. The van der Waals surface area contributed by atoms with Gasteiger partial charge in [0.05, 0.1) is 12.6 Å². The molecule has 8 heteroatoms. The maximum Gasteiger partial charge on any atom is 0.348 e. The highest BCUT2D eigenvalue weighted by Gasteiger charge is 2.13. The van der Waals surface area contributed by atoms with E-state index in [0.717, 1.165) is 15.6 Å². The molecule has 7 nitrogen and oxygen atoms in total. The molecule has 3 aromatic rings. The summed E-state index contributed by atoms with van der Waals surface area (Å²) in [5.74, 6) is -0.498. The molecule has 2 aromatic carbocycles. The molecular weight excluding hydrogens is 402 g/mol. The van der Waals surface area contributed by atoms with E-state index in [0.29, 0.717) is 22.9 Å². The lowest BCUT2D eigenvalue weighted by Gasteiger charge is -2.16. The maximum atomic E-state index is 12.4. The largest absolute Gasteiger partial charge is 0.462 e. The lowest BCUT2D eigenvalue weighted by atomic mass is 10.1. The molecule has 0 aliphatic heterocycles. The van der Waals surface area contributed by atoms with E-state index in [4.69, 9.17) is 4.74 Å². The number of thiophene rings is 1. The molecule has 0 saturated heterocycles. The van der Waals surface area contributed by atoms with Crippen LogP contribution in [0.25, 0.3) is 10.1 Å². The molecule has 0 aliphatic rings. The molecule has 0 bridgehead atoms. The fraction of sp³-hybridized carbons (Fsp3) is 0.227. The van der Waals surface area contributed by atoms with E-state index < -0.39 is 0 Å². The second-order valence-electron chi connectivity index (χ2n) is 6.71. The average Bonchev–Trinajstić information content (AvgIpc) is 3.11. The third-order valence-electron chi connectivity index (χ3n) is 4.31. The van der Waals surface area contributed by atoms with Crippen LogP contribution in [0.2, 0.25) is 0 Å². The van der Waals surface area contributed by atoms with Crippen molar-refractivity contribution in [3.05, 3.63) is 59.0 Å². The van der Waals surface area contributed by atoms with E-state index in [2.05, 4.69) is 16.0 Å². The molecule has 1 aromatic heterocycles. The zero-order chi connectivity index (χ0) is 21.7. The van der Waals surface area contributed by atoms with Gasteiger partial charge in [0.2, 0.25) is 5.91 Å². The molecule has 1 atom stereocenters. The standard InChI is InChI=1S/C22H23N3O4S/c1-4-29-21(27)20-12-16-11-18(8-9-19(16)30-20)25-22(28)23-13(2)15-6-5-7-17(10-15)24-14(3)26/h5-13H,4H2,1-3H3,(H,24,26)(H2,23,25,28)/t13-/m0/s1. The Morgan fingerprint density at radius 1 is 1.03 bits per heavy atom. The molecule has 156 valence electrons. The van der Waals surface area contributed by atoms with Gasteiger partial charge in [0.15, 0.2) is 0 Å². The molecule has 0 fully saturated rings. The van der Waals surface area contributed by atoms with Crippen LogP contribution in [0.15, 0.2) is 48.5 Å². The van der Waals surface area contributed by atoms with E-state index in [-0.39, 0.29) is 23.9 Å². The molecule has 30 heavy (non-hydrogen) atoms. The molecule has 0 aliphatic carbocycles. The fourth-order valence-electron chi connectivity index (χ4n) is 2.96. The Kier molecular flexibility index (Phi) is 6.68. The lowest BCUT2D eigenvalue weighted by molar-refractivity contribution is -0.114. The first-order valence-electron chi connectivity index (χ1n) is 9.51. The van der Waals surface area contributed by atoms with Crippen LogP contribution in [0.3, 0.4) is 0 Å². The summed E-state index contributed by atoms with van der Waals surface area (Å²) in [6.45, 7) is 5.40. The van der Waals surface area contributed by atoms with Gasteiger partial charge in [-0.25, -0.2) is 9.59 Å². The van der Waals surface area contributed by atoms with Crippen molar-refractivity contribution < 1.29 is 19.1 Å². The van der Waals surface area contributed by atoms with Crippen molar-refractivity contribution in [2.75, 3.05) is 17.2 Å². The third-order valence-corrected chi connectivity index (χ3v) is 5.40. The molecule has 0 saturated carbocycles. The van der Waals surface area contributed by atoms with Gasteiger partial charge in [-0.1, -0.05) is 12.1 Å². The predicted molar refractivity (Wildman–Crippen MR) is 119 cm³/mol. The number of carbonyl (C=O) groups is 3. The summed E-state index contributed by atoms with van der Waals surface area (Å²) in [5, 5.41) is 9.28. The number of anilines is 2. The zero-order valence-electron chi connectivity index (χ0n) is 16.9. The fourth-order valence-corrected chi connectivity index (χ4v) is 3.90. The maximum absolute atomic E-state index is 12.4. The Hall–Kier alpha value is -3.39. The molecule has 3 amide bonds. The first-order valence-corrected chi connectivity index (χ1v) is 10.3. The van der Waals surface area contributed by atoms with Gasteiger partial charge in [0, 0.05) is 23.0 Å². The van der Waals surface area contributed by atoms with Crippen molar-refractivity contribution in [3.63, 3.8) is 0 Å². The van der Waals surface area contributed by atoms with Crippen LogP contribution in [-0.4, -0.2) is 24.5 Å². The van der Waals surface area contributed by atoms with Gasteiger partial charge in [-0.05, 0) is 61.2 Å². The number of hydrogen-bond acceptors (Lipinski definition) is 5. The van der Waals surface area contributed by atoms with Gasteiger partial charge < -0.3 is 20.7 Å². The van der Waals surface area contributed by atoms with Gasteiger partial charge in [-0.15, -0.1) is 11.3 Å². The van der Waals surface area contributed by atoms with E-state index >= 15 is 0 Å². The number of carbonyl (C=O) groups excluding carboxylic acids is 3. The number of rotatable bonds is 6. The lowest BCUT2D eigenvalue weighted by Crippen LogP contribution is -2.31. The summed E-state index contributed by atoms with van der Waals surface area (Å²) in [6.07, 6.45) is 0. The van der Waals surface area contributed by atoms with Crippen LogP contribution in [-0.2, 0) is 9.53 Å². The number of esters is 1. The third kappa shape index (κ3) is 5.36. The SMILES string of the molecule is CCOC(=O)c1cc2cc(NC(=O)N[C@@H](C)c3cccc(NC(C)=O)c3)ccc2s1. The van der Waals surface area contributed by atoms with Crippen molar-refractivity contribution in [1.82, 2.24) is 5.32 Å². The first kappa shape index (κ1) is 21.3. The Labute approximate surface area is 178 Å². The molecule has 3 N–H and O–H groups in total. The van der Waals surface area contributed by atoms with Crippen molar-refractivity contribution in [1.29, 1.82) is 0 Å². The van der Waals surface area contributed by atoms with Crippen molar-refractivity contribution in [3.8, 4) is 0 Å². The molecule has 0 spiro atoms. The van der Waals surface area contributed by atoms with Crippen LogP contribution in [0.1, 0.15) is 42.0 Å². The van der Waals surface area contributed by atoms with Gasteiger partial charge in [-0.3, -0.25) is 4.79 Å². The van der Waals surface area contributed by atoms with Crippen LogP contribution in [0.4, 0.5) is 16.2 Å². The summed E-state index contributed by atoms with van der Waals surface area (Å²) in [5.41, 5.74) is 2.16. The molecular formula is C22H23N3O4S. The minimum absolute atomic E-state index is 0.152. The number of fused-ring (bicyclic) bond motifs is 1. The average molecular weight is 426 g/mol. The number of urea groups is 1. The second kappa shape index (κ2) is 9.41. The Bertz CT molecular complexity index is 1090. The van der Waals surface area contributed by atoms with E-state index in [1.165, 1.54) is 18.3 Å². The topological polar surface area (TPSA) is 96.5 Å². The highest BCUT2D eigenvalue weighted by Crippen LogP contribution is 2.28. The van der Waals surface area contributed by atoms with Crippen LogP contribution < -0.4 is 16.0 Å². The summed E-state index contributed by atoms with van der Waals surface area (Å²) in [4.78, 5) is 36.1. The Morgan fingerprint density at radius 3 is 2.53 bits per heavy atom. The van der Waals surface area contributed by atoms with Gasteiger partial charge >= 0.3 is 12.0 Å². The molecule has 0 radical (unpaired) electrons. The molecule has 3 rings (SSSR count). The number of amides is 3. The van der Waals surface area contributed by atoms with Crippen molar-refractivity contribution in [2.24, 2.45) is 0 Å². The van der Waals surface area contributed by atoms with Gasteiger partial charge in [-0.2, -0.15) is 0 Å². The van der Waals surface area contributed by atoms with Gasteiger partial charge in [0.25, 0.3) is 0 Å². The van der Waals surface area contributed by atoms with Gasteiger partial charge in [0.1, 0.15) is 4.88 Å². The number of hydrogen-bond donors (Lipinski definition) is 3.